The first kappa shape index (κ1) is 17.2. The zero-order valence-electron chi connectivity index (χ0n) is 13.2. The van der Waals surface area contributed by atoms with Gasteiger partial charge in [-0.3, -0.25) is 0 Å². The van der Waals surface area contributed by atoms with Crippen molar-refractivity contribution in [1.82, 2.24) is 10.0 Å². The number of furan rings is 1. The van der Waals surface area contributed by atoms with Crippen molar-refractivity contribution in [1.29, 1.82) is 0 Å². The van der Waals surface area contributed by atoms with Crippen LogP contribution in [0, 0.1) is 6.92 Å². The molecule has 0 fully saturated rings. The minimum atomic E-state index is -3.55. The topological polar surface area (TPSA) is 71.3 Å². The molecule has 0 aliphatic carbocycles. The van der Waals surface area contributed by atoms with Gasteiger partial charge in [-0.2, -0.15) is 0 Å². The maximum Gasteiger partial charge on any atom is 0.244 e. The first-order valence-corrected chi connectivity index (χ1v) is 8.42. The Labute approximate surface area is 122 Å². The third-order valence-corrected chi connectivity index (χ3v) is 5.00. The summed E-state index contributed by atoms with van der Waals surface area (Å²) in [7, 11) is -3.55. The second-order valence-corrected chi connectivity index (χ2v) is 7.66. The molecule has 6 heteroatoms. The van der Waals surface area contributed by atoms with E-state index in [2.05, 4.69) is 10.0 Å². The fourth-order valence-electron chi connectivity index (χ4n) is 1.67. The van der Waals surface area contributed by atoms with E-state index in [9.17, 15) is 8.42 Å². The number of sulfonamides is 1. The van der Waals surface area contributed by atoms with Crippen LogP contribution in [-0.4, -0.2) is 20.0 Å². The number of nitrogens with one attached hydrogen (secondary N) is 2. The molecule has 0 spiro atoms. The molecular weight excluding hydrogens is 276 g/mol. The molecule has 116 valence electrons. The lowest BCUT2D eigenvalue weighted by atomic mass is 10.0. The summed E-state index contributed by atoms with van der Waals surface area (Å²) in [5.74, 6) is 1.05. The minimum absolute atomic E-state index is 0.222. The average molecular weight is 302 g/mol. The van der Waals surface area contributed by atoms with Gasteiger partial charge in [-0.25, -0.2) is 13.1 Å². The van der Waals surface area contributed by atoms with E-state index in [1.807, 2.05) is 34.6 Å². The van der Waals surface area contributed by atoms with Crippen LogP contribution < -0.4 is 10.0 Å². The van der Waals surface area contributed by atoms with E-state index in [4.69, 9.17) is 4.42 Å². The van der Waals surface area contributed by atoms with Crippen LogP contribution in [0.1, 0.15) is 52.6 Å². The van der Waals surface area contributed by atoms with Crippen LogP contribution in [0.4, 0.5) is 0 Å². The van der Waals surface area contributed by atoms with Gasteiger partial charge in [-0.1, -0.05) is 20.8 Å². The fourth-order valence-corrected chi connectivity index (χ4v) is 3.36. The Morgan fingerprint density at radius 2 is 1.95 bits per heavy atom. The highest BCUT2D eigenvalue weighted by atomic mass is 32.2. The highest BCUT2D eigenvalue weighted by Crippen LogP contribution is 2.22. The van der Waals surface area contributed by atoms with Crippen molar-refractivity contribution in [3.63, 3.8) is 0 Å². The Morgan fingerprint density at radius 3 is 2.45 bits per heavy atom. The molecule has 0 aliphatic rings. The molecule has 2 N–H and O–H groups in total. The number of rotatable bonds is 7. The summed E-state index contributed by atoms with van der Waals surface area (Å²) >= 11 is 0. The van der Waals surface area contributed by atoms with Crippen molar-refractivity contribution < 1.29 is 12.8 Å². The van der Waals surface area contributed by atoms with Crippen molar-refractivity contribution >= 4 is 10.0 Å². The molecule has 1 aromatic rings. The summed E-state index contributed by atoms with van der Waals surface area (Å²) < 4.78 is 33.0. The van der Waals surface area contributed by atoms with Gasteiger partial charge in [0.15, 0.2) is 0 Å². The minimum Gasteiger partial charge on any atom is -0.464 e. The molecule has 0 atom stereocenters. The Bertz CT molecular complexity index is 545. The monoisotopic (exact) mass is 302 g/mol. The van der Waals surface area contributed by atoms with Crippen molar-refractivity contribution in [2.45, 2.75) is 71.0 Å². The lowest BCUT2D eigenvalue weighted by Gasteiger charge is -2.23. The van der Waals surface area contributed by atoms with Crippen LogP contribution in [0.2, 0.25) is 0 Å². The highest BCUT2D eigenvalue weighted by Gasteiger charge is 2.28. The van der Waals surface area contributed by atoms with Gasteiger partial charge in [0, 0.05) is 17.6 Å². The van der Waals surface area contributed by atoms with Crippen LogP contribution in [0.15, 0.2) is 15.4 Å². The summed E-state index contributed by atoms with van der Waals surface area (Å²) in [5.41, 5.74) is -0.473. The normalized spacial score (nSPS) is 13.2. The lowest BCUT2D eigenvalue weighted by molar-refractivity contribution is 0.434. The molecule has 0 unspecified atom stereocenters. The second kappa shape index (κ2) is 6.28. The van der Waals surface area contributed by atoms with Gasteiger partial charge in [-0.05, 0) is 27.2 Å². The van der Waals surface area contributed by atoms with Crippen molar-refractivity contribution in [3.05, 3.63) is 17.6 Å². The van der Waals surface area contributed by atoms with E-state index in [1.165, 1.54) is 0 Å². The van der Waals surface area contributed by atoms with Gasteiger partial charge in [0.1, 0.15) is 16.4 Å². The van der Waals surface area contributed by atoms with E-state index < -0.39 is 15.6 Å². The summed E-state index contributed by atoms with van der Waals surface area (Å²) in [4.78, 5) is 0.222. The predicted molar refractivity (Wildman–Crippen MR) is 80.1 cm³/mol. The first-order valence-electron chi connectivity index (χ1n) is 6.94. The van der Waals surface area contributed by atoms with E-state index in [0.717, 1.165) is 0 Å². The molecule has 20 heavy (non-hydrogen) atoms. The molecule has 1 aromatic heterocycles. The van der Waals surface area contributed by atoms with Gasteiger partial charge < -0.3 is 9.73 Å². The zero-order chi connectivity index (χ0) is 15.6. The predicted octanol–water partition coefficient (Wildman–Crippen LogP) is 2.55. The summed E-state index contributed by atoms with van der Waals surface area (Å²) in [6, 6.07) is 1.91. The molecular formula is C14H26N2O3S. The Balaban J connectivity index is 2.96. The molecule has 0 saturated carbocycles. The van der Waals surface area contributed by atoms with E-state index in [-0.39, 0.29) is 4.90 Å². The Kier molecular flexibility index (Phi) is 5.40. The summed E-state index contributed by atoms with van der Waals surface area (Å²) in [6.45, 7) is 11.9. The standard InChI is InChI=1S/C14H26N2O3S/c1-7-14(5,6)16-20(17,18)13-8-12(19-11(13)4)9-15-10(2)3/h8,10,15-16H,7,9H2,1-6H3. The maximum atomic E-state index is 12.4. The third kappa shape index (κ3) is 4.61. The molecule has 0 radical (unpaired) electrons. The fraction of sp³-hybridized carbons (Fsp3) is 0.714. The number of aryl methyl sites for hydroxylation is 1. The molecule has 0 aromatic carbocycles. The van der Waals surface area contributed by atoms with Crippen LogP contribution in [0.5, 0.6) is 0 Å². The maximum absolute atomic E-state index is 12.4. The summed E-state index contributed by atoms with van der Waals surface area (Å²) in [5, 5.41) is 3.20. The highest BCUT2D eigenvalue weighted by molar-refractivity contribution is 7.89. The third-order valence-electron chi connectivity index (χ3n) is 3.19. The van der Waals surface area contributed by atoms with Crippen molar-refractivity contribution in [3.8, 4) is 0 Å². The SMILES string of the molecule is CCC(C)(C)NS(=O)(=O)c1cc(CNC(C)C)oc1C. The number of hydrogen-bond donors (Lipinski definition) is 2. The van der Waals surface area contributed by atoms with Crippen LogP contribution in [0.25, 0.3) is 0 Å². The molecule has 0 aliphatic heterocycles. The molecule has 1 heterocycles. The van der Waals surface area contributed by atoms with E-state index in [0.29, 0.717) is 30.5 Å². The molecule has 0 amide bonds. The molecule has 0 bridgehead atoms. The average Bonchev–Trinajstić information content (AvgIpc) is 2.67. The van der Waals surface area contributed by atoms with Crippen molar-refractivity contribution in [2.24, 2.45) is 0 Å². The van der Waals surface area contributed by atoms with Gasteiger partial charge in [0.05, 0.1) is 6.54 Å². The Morgan fingerprint density at radius 1 is 1.35 bits per heavy atom. The Hall–Kier alpha value is -0.850. The lowest BCUT2D eigenvalue weighted by Crippen LogP contribution is -2.42. The van der Waals surface area contributed by atoms with E-state index in [1.54, 1.807) is 13.0 Å². The van der Waals surface area contributed by atoms with Gasteiger partial charge in [0.2, 0.25) is 10.0 Å². The van der Waals surface area contributed by atoms with Crippen molar-refractivity contribution in [2.75, 3.05) is 0 Å². The van der Waals surface area contributed by atoms with Gasteiger partial charge in [-0.15, -0.1) is 0 Å². The smallest absolute Gasteiger partial charge is 0.244 e. The summed E-state index contributed by atoms with van der Waals surface area (Å²) in [6.07, 6.45) is 0.713. The van der Waals surface area contributed by atoms with Crippen LogP contribution in [-0.2, 0) is 16.6 Å². The molecule has 0 saturated heterocycles. The van der Waals surface area contributed by atoms with Gasteiger partial charge >= 0.3 is 0 Å². The molecule has 5 nitrogen and oxygen atoms in total. The number of hydrogen-bond acceptors (Lipinski definition) is 4. The van der Waals surface area contributed by atoms with Gasteiger partial charge in [0.25, 0.3) is 0 Å². The van der Waals surface area contributed by atoms with E-state index >= 15 is 0 Å². The van der Waals surface area contributed by atoms with Crippen LogP contribution >= 0.6 is 0 Å². The molecule has 1 rings (SSSR count). The first-order chi connectivity index (χ1) is 9.07. The van der Waals surface area contributed by atoms with Crippen LogP contribution in [0.3, 0.4) is 0 Å². The quantitative estimate of drug-likeness (QED) is 0.812. The largest absolute Gasteiger partial charge is 0.464 e. The second-order valence-electron chi connectivity index (χ2n) is 6.01. The zero-order valence-corrected chi connectivity index (χ0v) is 14.0.